The molecule has 1 heterocycles. The number of rotatable bonds is 6. The lowest BCUT2D eigenvalue weighted by Crippen LogP contribution is -2.51. The minimum Gasteiger partial charge on any atom is -0.311 e. The molecule has 18 heavy (non-hydrogen) atoms. The Balaban J connectivity index is 1.67. The number of hydrogen-bond donors (Lipinski definition) is 1. The molecular weight excluding hydrogens is 240 g/mol. The van der Waals surface area contributed by atoms with E-state index in [9.17, 15) is 0 Å². The monoisotopic (exact) mass is 264 g/mol. The minimum atomic E-state index is 0.713. The highest BCUT2D eigenvalue weighted by Gasteiger charge is 2.17. The van der Waals surface area contributed by atoms with Crippen LogP contribution in [0, 0.1) is 0 Å². The normalized spacial score (nSPS) is 21.1. The highest BCUT2D eigenvalue weighted by molar-refractivity contribution is 7.99. The van der Waals surface area contributed by atoms with Gasteiger partial charge in [-0.2, -0.15) is 0 Å². The Kier molecular flexibility index (Phi) is 6.05. The molecule has 0 saturated carbocycles. The largest absolute Gasteiger partial charge is 0.311 e. The van der Waals surface area contributed by atoms with Crippen LogP contribution in [0.15, 0.2) is 35.2 Å². The van der Waals surface area contributed by atoms with Crippen molar-refractivity contribution in [2.24, 2.45) is 0 Å². The van der Waals surface area contributed by atoms with Crippen LogP contribution >= 0.6 is 11.8 Å². The molecule has 1 N–H and O–H groups in total. The summed E-state index contributed by atoms with van der Waals surface area (Å²) >= 11 is 1.97. The van der Waals surface area contributed by atoms with Gasteiger partial charge >= 0.3 is 0 Å². The summed E-state index contributed by atoms with van der Waals surface area (Å²) in [6.45, 7) is 7.06. The quantitative estimate of drug-likeness (QED) is 0.795. The van der Waals surface area contributed by atoms with Crippen molar-refractivity contribution in [2.75, 3.05) is 31.9 Å². The summed E-state index contributed by atoms with van der Waals surface area (Å²) in [7, 11) is 0. The third kappa shape index (κ3) is 4.63. The molecule has 0 amide bonds. The number of nitrogens with one attached hydrogen (secondary N) is 1. The van der Waals surface area contributed by atoms with Gasteiger partial charge in [0.15, 0.2) is 0 Å². The number of piperazine rings is 1. The van der Waals surface area contributed by atoms with Gasteiger partial charge in [0.2, 0.25) is 0 Å². The topological polar surface area (TPSA) is 15.3 Å². The van der Waals surface area contributed by atoms with Crippen LogP contribution in [0.4, 0.5) is 0 Å². The Bertz CT molecular complexity index is 327. The van der Waals surface area contributed by atoms with Gasteiger partial charge in [0.25, 0.3) is 0 Å². The number of nitrogens with zero attached hydrogens (tertiary/aromatic N) is 1. The van der Waals surface area contributed by atoms with Crippen molar-refractivity contribution in [3.05, 3.63) is 30.3 Å². The Morgan fingerprint density at radius 3 is 2.94 bits per heavy atom. The summed E-state index contributed by atoms with van der Waals surface area (Å²) in [5, 5.41) is 3.61. The van der Waals surface area contributed by atoms with E-state index in [4.69, 9.17) is 0 Å². The second-order valence-electron chi connectivity index (χ2n) is 4.90. The first-order valence-corrected chi connectivity index (χ1v) is 8.00. The highest BCUT2D eigenvalue weighted by Crippen LogP contribution is 2.17. The molecule has 3 heteroatoms. The van der Waals surface area contributed by atoms with Crippen LogP contribution in [0.5, 0.6) is 0 Å². The molecule has 2 nitrogen and oxygen atoms in total. The van der Waals surface area contributed by atoms with E-state index >= 15 is 0 Å². The van der Waals surface area contributed by atoms with E-state index in [1.807, 2.05) is 11.8 Å². The predicted molar refractivity (Wildman–Crippen MR) is 80.3 cm³/mol. The Morgan fingerprint density at radius 2 is 2.17 bits per heavy atom. The molecule has 1 atom stereocenters. The molecule has 0 aliphatic carbocycles. The van der Waals surface area contributed by atoms with Crippen LogP contribution in [0.3, 0.4) is 0 Å². The van der Waals surface area contributed by atoms with Crippen LogP contribution < -0.4 is 5.32 Å². The average molecular weight is 264 g/mol. The lowest BCUT2D eigenvalue weighted by molar-refractivity contribution is 0.204. The molecule has 2 rings (SSSR count). The van der Waals surface area contributed by atoms with Gasteiger partial charge in [-0.1, -0.05) is 31.5 Å². The third-order valence-corrected chi connectivity index (χ3v) is 4.39. The van der Waals surface area contributed by atoms with Crippen LogP contribution in [-0.4, -0.2) is 42.9 Å². The van der Waals surface area contributed by atoms with Gasteiger partial charge in [-0.25, -0.2) is 0 Å². The number of thioether (sulfide) groups is 1. The lowest BCUT2D eigenvalue weighted by atomic mass is 10.1. The molecule has 0 spiro atoms. The van der Waals surface area contributed by atoms with Crippen LogP contribution in [0.1, 0.15) is 19.8 Å². The molecule has 100 valence electrons. The zero-order valence-corrected chi connectivity index (χ0v) is 12.1. The molecule has 0 aromatic heterocycles. The second-order valence-corrected chi connectivity index (χ2v) is 6.07. The molecule has 1 unspecified atom stereocenters. The van der Waals surface area contributed by atoms with E-state index in [2.05, 4.69) is 47.5 Å². The first-order chi connectivity index (χ1) is 8.88. The Morgan fingerprint density at radius 1 is 1.33 bits per heavy atom. The van der Waals surface area contributed by atoms with Gasteiger partial charge in [-0.3, -0.25) is 4.90 Å². The van der Waals surface area contributed by atoms with Crippen LogP contribution in [-0.2, 0) is 0 Å². The predicted octanol–water partition coefficient (Wildman–Crippen LogP) is 2.85. The van der Waals surface area contributed by atoms with Crippen molar-refractivity contribution in [3.8, 4) is 0 Å². The summed E-state index contributed by atoms with van der Waals surface area (Å²) in [4.78, 5) is 3.99. The van der Waals surface area contributed by atoms with Gasteiger partial charge in [0.05, 0.1) is 0 Å². The molecule has 1 aromatic carbocycles. The first kappa shape index (κ1) is 13.9. The number of benzene rings is 1. The van der Waals surface area contributed by atoms with Crippen molar-refractivity contribution < 1.29 is 0 Å². The molecule has 0 radical (unpaired) electrons. The summed E-state index contributed by atoms with van der Waals surface area (Å²) in [6.07, 6.45) is 2.59. The maximum absolute atomic E-state index is 3.61. The molecule has 0 bridgehead atoms. The van der Waals surface area contributed by atoms with Crippen molar-refractivity contribution in [2.45, 2.75) is 30.7 Å². The summed E-state index contributed by atoms with van der Waals surface area (Å²) in [5.41, 5.74) is 0. The van der Waals surface area contributed by atoms with Crippen molar-refractivity contribution in [3.63, 3.8) is 0 Å². The fraction of sp³-hybridized carbons (Fsp3) is 0.600. The fourth-order valence-corrected chi connectivity index (χ4v) is 3.38. The van der Waals surface area contributed by atoms with Crippen molar-refractivity contribution in [1.29, 1.82) is 0 Å². The molecule has 1 fully saturated rings. The first-order valence-electron chi connectivity index (χ1n) is 7.02. The fourth-order valence-electron chi connectivity index (χ4n) is 2.45. The van der Waals surface area contributed by atoms with E-state index in [-0.39, 0.29) is 0 Å². The Labute approximate surface area is 115 Å². The van der Waals surface area contributed by atoms with E-state index < -0.39 is 0 Å². The molecule has 1 aliphatic heterocycles. The summed E-state index contributed by atoms with van der Waals surface area (Å²) < 4.78 is 0. The maximum atomic E-state index is 3.61. The second kappa shape index (κ2) is 7.82. The molecular formula is C15H24N2S. The standard InChI is InChI=1S/C15H24N2S/c1-2-6-14-13-17(10-9-16-14)11-12-18-15-7-4-3-5-8-15/h3-5,7-8,14,16H,2,6,9-13H2,1H3. The maximum Gasteiger partial charge on any atom is 0.0195 e. The lowest BCUT2D eigenvalue weighted by Gasteiger charge is -2.33. The molecule has 1 aromatic rings. The van der Waals surface area contributed by atoms with Gasteiger partial charge in [0.1, 0.15) is 0 Å². The van der Waals surface area contributed by atoms with E-state index in [0.29, 0.717) is 6.04 Å². The van der Waals surface area contributed by atoms with Crippen molar-refractivity contribution in [1.82, 2.24) is 10.2 Å². The molecule has 1 aliphatic rings. The molecule has 1 saturated heterocycles. The Hall–Kier alpha value is -0.510. The zero-order chi connectivity index (χ0) is 12.6. The van der Waals surface area contributed by atoms with Crippen LogP contribution in [0.2, 0.25) is 0 Å². The van der Waals surface area contributed by atoms with Gasteiger partial charge in [-0.15, -0.1) is 11.8 Å². The van der Waals surface area contributed by atoms with Crippen LogP contribution in [0.25, 0.3) is 0 Å². The highest BCUT2D eigenvalue weighted by atomic mass is 32.2. The number of hydrogen-bond acceptors (Lipinski definition) is 3. The van der Waals surface area contributed by atoms with Gasteiger partial charge < -0.3 is 5.32 Å². The van der Waals surface area contributed by atoms with Crippen molar-refractivity contribution >= 4 is 11.8 Å². The van der Waals surface area contributed by atoms with Gasteiger partial charge in [0, 0.05) is 42.9 Å². The zero-order valence-electron chi connectivity index (χ0n) is 11.3. The average Bonchev–Trinajstić information content (AvgIpc) is 2.41. The van der Waals surface area contributed by atoms with E-state index in [0.717, 1.165) is 6.54 Å². The minimum absolute atomic E-state index is 0.713. The smallest absolute Gasteiger partial charge is 0.0195 e. The van der Waals surface area contributed by atoms with Gasteiger partial charge in [-0.05, 0) is 18.6 Å². The van der Waals surface area contributed by atoms with E-state index in [1.54, 1.807) is 0 Å². The summed E-state index contributed by atoms with van der Waals surface area (Å²) in [5.74, 6) is 1.20. The third-order valence-electron chi connectivity index (χ3n) is 3.40. The SMILES string of the molecule is CCCC1CN(CCSc2ccccc2)CCN1. The summed E-state index contributed by atoms with van der Waals surface area (Å²) in [6, 6.07) is 11.4. The van der Waals surface area contributed by atoms with E-state index in [1.165, 1.54) is 43.1 Å².